The second-order valence-corrected chi connectivity index (χ2v) is 6.22. The Morgan fingerprint density at radius 3 is 2.29 bits per heavy atom. The van der Waals surface area contributed by atoms with Gasteiger partial charge < -0.3 is 10.6 Å². The molecule has 0 aliphatic carbocycles. The van der Waals surface area contributed by atoms with Gasteiger partial charge in [-0.3, -0.25) is 4.79 Å². The quantitative estimate of drug-likeness (QED) is 0.773. The number of carbonyl (C=O) groups is 1. The zero-order valence-electron chi connectivity index (χ0n) is 12.0. The molecule has 1 saturated heterocycles. The Morgan fingerprint density at radius 1 is 1.29 bits per heavy atom. The molecule has 1 fully saturated rings. The molecule has 0 aromatic heterocycles. The number of carbonyl (C=O) groups excluding carboxylic acids is 1. The van der Waals surface area contributed by atoms with E-state index in [2.05, 4.69) is 38.3 Å². The molecule has 0 aromatic carbocycles. The molecule has 1 atom stereocenters. The zero-order chi connectivity index (χ0) is 13.1. The SMILES string of the molecule is CC(C)C(CNC(=O)C1(C)CCCN1)C(C)C. The van der Waals surface area contributed by atoms with Crippen LogP contribution in [0.5, 0.6) is 0 Å². The van der Waals surface area contributed by atoms with Crippen molar-refractivity contribution in [3.8, 4) is 0 Å². The van der Waals surface area contributed by atoms with Crippen LogP contribution >= 0.6 is 0 Å². The highest BCUT2D eigenvalue weighted by Crippen LogP contribution is 2.21. The van der Waals surface area contributed by atoms with Crippen LogP contribution < -0.4 is 10.6 Å². The van der Waals surface area contributed by atoms with Crippen LogP contribution in [0.4, 0.5) is 0 Å². The summed E-state index contributed by atoms with van der Waals surface area (Å²) in [5, 5.41) is 6.43. The Labute approximate surface area is 106 Å². The Balaban J connectivity index is 2.46. The molecular formula is C14H28N2O. The van der Waals surface area contributed by atoms with E-state index in [1.54, 1.807) is 0 Å². The predicted octanol–water partition coefficient (Wildman–Crippen LogP) is 2.17. The molecule has 2 N–H and O–H groups in total. The summed E-state index contributed by atoms with van der Waals surface area (Å²) in [5.41, 5.74) is -0.335. The first kappa shape index (κ1) is 14.5. The highest BCUT2D eigenvalue weighted by Gasteiger charge is 2.36. The third-order valence-corrected chi connectivity index (χ3v) is 4.08. The zero-order valence-corrected chi connectivity index (χ0v) is 12.0. The van der Waals surface area contributed by atoms with E-state index in [0.29, 0.717) is 17.8 Å². The summed E-state index contributed by atoms with van der Waals surface area (Å²) in [4.78, 5) is 12.1. The number of rotatable bonds is 5. The molecule has 0 aromatic rings. The van der Waals surface area contributed by atoms with Gasteiger partial charge in [0, 0.05) is 6.54 Å². The van der Waals surface area contributed by atoms with E-state index in [1.807, 2.05) is 6.92 Å². The van der Waals surface area contributed by atoms with Gasteiger partial charge in [-0.15, -0.1) is 0 Å². The molecule has 1 unspecified atom stereocenters. The van der Waals surface area contributed by atoms with Crippen molar-refractivity contribution in [3.05, 3.63) is 0 Å². The van der Waals surface area contributed by atoms with Gasteiger partial charge in [-0.05, 0) is 44.1 Å². The third kappa shape index (κ3) is 3.70. The van der Waals surface area contributed by atoms with Gasteiger partial charge in [0.05, 0.1) is 5.54 Å². The minimum absolute atomic E-state index is 0.168. The minimum Gasteiger partial charge on any atom is -0.354 e. The highest BCUT2D eigenvalue weighted by atomic mass is 16.2. The van der Waals surface area contributed by atoms with E-state index < -0.39 is 0 Å². The van der Waals surface area contributed by atoms with E-state index in [4.69, 9.17) is 0 Å². The molecule has 3 heteroatoms. The summed E-state index contributed by atoms with van der Waals surface area (Å²) in [7, 11) is 0. The summed E-state index contributed by atoms with van der Waals surface area (Å²) < 4.78 is 0. The Kier molecular flexibility index (Phi) is 4.99. The predicted molar refractivity (Wildman–Crippen MR) is 71.8 cm³/mol. The summed E-state index contributed by atoms with van der Waals surface area (Å²) in [6, 6.07) is 0. The molecule has 0 radical (unpaired) electrons. The Hall–Kier alpha value is -0.570. The maximum Gasteiger partial charge on any atom is 0.240 e. The molecule has 100 valence electrons. The monoisotopic (exact) mass is 240 g/mol. The first-order valence-corrected chi connectivity index (χ1v) is 6.90. The van der Waals surface area contributed by atoms with Crippen molar-refractivity contribution in [1.82, 2.24) is 10.6 Å². The van der Waals surface area contributed by atoms with Crippen molar-refractivity contribution < 1.29 is 4.79 Å². The summed E-state index contributed by atoms with van der Waals surface area (Å²) in [6.07, 6.45) is 2.05. The van der Waals surface area contributed by atoms with Crippen LogP contribution in [0.2, 0.25) is 0 Å². The van der Waals surface area contributed by atoms with Crippen molar-refractivity contribution in [1.29, 1.82) is 0 Å². The molecule has 3 nitrogen and oxygen atoms in total. The van der Waals surface area contributed by atoms with Crippen molar-refractivity contribution >= 4 is 5.91 Å². The molecule has 1 heterocycles. The van der Waals surface area contributed by atoms with Gasteiger partial charge in [0.15, 0.2) is 0 Å². The van der Waals surface area contributed by atoms with Crippen molar-refractivity contribution in [3.63, 3.8) is 0 Å². The van der Waals surface area contributed by atoms with Gasteiger partial charge >= 0.3 is 0 Å². The lowest BCUT2D eigenvalue weighted by Gasteiger charge is -2.28. The maximum absolute atomic E-state index is 12.1. The second-order valence-electron chi connectivity index (χ2n) is 6.22. The fourth-order valence-electron chi connectivity index (χ4n) is 2.74. The largest absolute Gasteiger partial charge is 0.354 e. The first-order valence-electron chi connectivity index (χ1n) is 6.90. The number of nitrogens with one attached hydrogen (secondary N) is 2. The maximum atomic E-state index is 12.1. The van der Waals surface area contributed by atoms with Crippen LogP contribution in [0.3, 0.4) is 0 Å². The summed E-state index contributed by atoms with van der Waals surface area (Å²) in [6.45, 7) is 12.7. The van der Waals surface area contributed by atoms with Crippen LogP contribution in [-0.2, 0) is 4.79 Å². The lowest BCUT2D eigenvalue weighted by atomic mass is 9.85. The number of hydrogen-bond donors (Lipinski definition) is 2. The molecule has 1 aliphatic heterocycles. The fourth-order valence-corrected chi connectivity index (χ4v) is 2.74. The van der Waals surface area contributed by atoms with Gasteiger partial charge in [-0.1, -0.05) is 27.7 Å². The van der Waals surface area contributed by atoms with Crippen LogP contribution in [0.25, 0.3) is 0 Å². The van der Waals surface area contributed by atoms with Crippen molar-refractivity contribution in [2.24, 2.45) is 17.8 Å². The molecule has 0 saturated carbocycles. The van der Waals surface area contributed by atoms with Crippen LogP contribution in [0.1, 0.15) is 47.5 Å². The molecule has 1 aliphatic rings. The van der Waals surface area contributed by atoms with Gasteiger partial charge in [-0.25, -0.2) is 0 Å². The standard InChI is InChI=1S/C14H28N2O/c1-10(2)12(11(3)4)9-15-13(17)14(5)7-6-8-16-14/h10-12,16H,6-9H2,1-5H3,(H,15,17). The topological polar surface area (TPSA) is 41.1 Å². The number of hydrogen-bond acceptors (Lipinski definition) is 2. The average molecular weight is 240 g/mol. The summed E-state index contributed by atoms with van der Waals surface area (Å²) in [5.74, 6) is 1.95. The van der Waals surface area contributed by atoms with E-state index in [0.717, 1.165) is 25.9 Å². The van der Waals surface area contributed by atoms with Gasteiger partial charge in [-0.2, -0.15) is 0 Å². The van der Waals surface area contributed by atoms with Crippen LogP contribution in [0.15, 0.2) is 0 Å². The third-order valence-electron chi connectivity index (χ3n) is 4.08. The Bertz CT molecular complexity index is 247. The van der Waals surface area contributed by atoms with E-state index in [9.17, 15) is 4.79 Å². The highest BCUT2D eigenvalue weighted by molar-refractivity contribution is 5.86. The molecule has 0 spiro atoms. The second kappa shape index (κ2) is 5.85. The molecule has 0 bridgehead atoms. The van der Waals surface area contributed by atoms with Crippen molar-refractivity contribution in [2.75, 3.05) is 13.1 Å². The van der Waals surface area contributed by atoms with Gasteiger partial charge in [0.1, 0.15) is 0 Å². The lowest BCUT2D eigenvalue weighted by Crippen LogP contribution is -2.52. The number of amides is 1. The molecule has 17 heavy (non-hydrogen) atoms. The normalized spacial score (nSPS) is 24.9. The Morgan fingerprint density at radius 2 is 1.88 bits per heavy atom. The molecule has 1 rings (SSSR count). The van der Waals surface area contributed by atoms with Gasteiger partial charge in [0.2, 0.25) is 5.91 Å². The first-order chi connectivity index (χ1) is 7.87. The van der Waals surface area contributed by atoms with Crippen molar-refractivity contribution in [2.45, 2.75) is 53.0 Å². The lowest BCUT2D eigenvalue weighted by molar-refractivity contribution is -0.126. The average Bonchev–Trinajstić information content (AvgIpc) is 2.65. The minimum atomic E-state index is -0.335. The van der Waals surface area contributed by atoms with E-state index in [-0.39, 0.29) is 11.4 Å². The fraction of sp³-hybridized carbons (Fsp3) is 0.929. The van der Waals surface area contributed by atoms with Crippen LogP contribution in [0, 0.1) is 17.8 Å². The molecular weight excluding hydrogens is 212 g/mol. The molecule has 1 amide bonds. The summed E-state index contributed by atoms with van der Waals surface area (Å²) >= 11 is 0. The smallest absolute Gasteiger partial charge is 0.240 e. The van der Waals surface area contributed by atoms with E-state index >= 15 is 0 Å². The van der Waals surface area contributed by atoms with Crippen LogP contribution in [-0.4, -0.2) is 24.5 Å². The van der Waals surface area contributed by atoms with E-state index in [1.165, 1.54) is 0 Å². The van der Waals surface area contributed by atoms with Gasteiger partial charge in [0.25, 0.3) is 0 Å².